The highest BCUT2D eigenvalue weighted by atomic mass is 32.2. The monoisotopic (exact) mass is 326 g/mol. The van der Waals surface area contributed by atoms with Crippen LogP contribution in [0.25, 0.3) is 6.08 Å². The van der Waals surface area contributed by atoms with E-state index in [-0.39, 0.29) is 10.6 Å². The summed E-state index contributed by atoms with van der Waals surface area (Å²) in [6.07, 6.45) is 1.48. The number of rotatable bonds is 5. The van der Waals surface area contributed by atoms with E-state index in [1.807, 2.05) is 6.07 Å². The zero-order valence-corrected chi connectivity index (χ0v) is 12.5. The van der Waals surface area contributed by atoms with Crippen LogP contribution in [0.1, 0.15) is 11.1 Å². The van der Waals surface area contributed by atoms with Gasteiger partial charge >= 0.3 is 5.97 Å². The van der Waals surface area contributed by atoms with Crippen LogP contribution >= 0.6 is 11.8 Å². The fraction of sp³-hybridized carbons (Fsp3) is 0. The second-order valence-corrected chi connectivity index (χ2v) is 5.52. The molecule has 1 N–H and O–H groups in total. The van der Waals surface area contributed by atoms with Crippen molar-refractivity contribution in [2.24, 2.45) is 0 Å². The lowest BCUT2D eigenvalue weighted by molar-refractivity contribution is -0.384. The molecule has 0 saturated heterocycles. The molecule has 0 radical (unpaired) electrons. The largest absolute Gasteiger partial charge is 0.477 e. The molecule has 0 aliphatic rings. The SMILES string of the molecule is N#Cc1ccc(C=C(Sc2ccc([N+](=O)[O-])cc2)C(=O)O)cc1. The molecule has 6 nitrogen and oxygen atoms in total. The van der Waals surface area contributed by atoms with E-state index in [4.69, 9.17) is 5.26 Å². The Morgan fingerprint density at radius 3 is 2.26 bits per heavy atom. The van der Waals surface area contributed by atoms with E-state index >= 15 is 0 Å². The third-order valence-corrected chi connectivity index (χ3v) is 3.84. The van der Waals surface area contributed by atoms with Crippen LogP contribution in [0.5, 0.6) is 0 Å². The summed E-state index contributed by atoms with van der Waals surface area (Å²) in [6, 6.07) is 14.1. The molecule has 0 aliphatic carbocycles. The first-order valence-electron chi connectivity index (χ1n) is 6.37. The van der Waals surface area contributed by atoms with Crippen molar-refractivity contribution in [3.05, 3.63) is 74.7 Å². The van der Waals surface area contributed by atoms with Crippen LogP contribution in [0.4, 0.5) is 5.69 Å². The second-order valence-electron chi connectivity index (χ2n) is 4.40. The quantitative estimate of drug-likeness (QED) is 0.389. The van der Waals surface area contributed by atoms with Crippen LogP contribution in [0.3, 0.4) is 0 Å². The summed E-state index contributed by atoms with van der Waals surface area (Å²) in [7, 11) is 0. The van der Waals surface area contributed by atoms with E-state index in [1.165, 1.54) is 30.3 Å². The van der Waals surface area contributed by atoms with Gasteiger partial charge in [0.2, 0.25) is 0 Å². The number of non-ortho nitro benzene ring substituents is 1. The van der Waals surface area contributed by atoms with Gasteiger partial charge in [-0.3, -0.25) is 10.1 Å². The van der Waals surface area contributed by atoms with Crippen LogP contribution in [-0.4, -0.2) is 16.0 Å². The molecule has 0 saturated carbocycles. The second kappa shape index (κ2) is 7.24. The van der Waals surface area contributed by atoms with Gasteiger partial charge < -0.3 is 5.11 Å². The Kier molecular flexibility index (Phi) is 5.12. The van der Waals surface area contributed by atoms with Gasteiger partial charge in [0.15, 0.2) is 0 Å². The topological polar surface area (TPSA) is 104 Å². The van der Waals surface area contributed by atoms with E-state index < -0.39 is 10.9 Å². The molecule has 0 aliphatic heterocycles. The van der Waals surface area contributed by atoms with Gasteiger partial charge in [0.1, 0.15) is 0 Å². The molecule has 0 atom stereocenters. The van der Waals surface area contributed by atoms with Gasteiger partial charge in [-0.25, -0.2) is 4.79 Å². The van der Waals surface area contributed by atoms with Crippen molar-refractivity contribution >= 4 is 29.5 Å². The molecule has 7 heteroatoms. The summed E-state index contributed by atoms with van der Waals surface area (Å²) in [6.45, 7) is 0. The number of nitro benzene ring substituents is 1. The molecule has 0 aromatic heterocycles. The molecule has 2 aromatic carbocycles. The first kappa shape index (κ1) is 16.3. The highest BCUT2D eigenvalue weighted by Crippen LogP contribution is 2.29. The Balaban J connectivity index is 2.24. The number of nitrogens with zero attached hydrogens (tertiary/aromatic N) is 2. The van der Waals surface area contributed by atoms with Crippen molar-refractivity contribution in [1.29, 1.82) is 5.26 Å². The van der Waals surface area contributed by atoms with E-state index in [9.17, 15) is 20.0 Å². The van der Waals surface area contributed by atoms with Crippen LogP contribution in [0.2, 0.25) is 0 Å². The number of hydrogen-bond donors (Lipinski definition) is 1. The molecule has 2 rings (SSSR count). The number of carbonyl (C=O) groups is 1. The number of carboxylic acids is 1. The Hall–Kier alpha value is -3.11. The van der Waals surface area contributed by atoms with Crippen molar-refractivity contribution in [2.75, 3.05) is 0 Å². The van der Waals surface area contributed by atoms with Gasteiger partial charge in [-0.2, -0.15) is 5.26 Å². The van der Waals surface area contributed by atoms with Gasteiger partial charge in [-0.15, -0.1) is 0 Å². The normalized spacial score (nSPS) is 10.8. The zero-order chi connectivity index (χ0) is 16.8. The van der Waals surface area contributed by atoms with Gasteiger partial charge in [-0.1, -0.05) is 23.9 Å². The van der Waals surface area contributed by atoms with Gasteiger partial charge in [-0.05, 0) is 35.9 Å². The number of hydrogen-bond acceptors (Lipinski definition) is 5. The average molecular weight is 326 g/mol. The lowest BCUT2D eigenvalue weighted by atomic mass is 10.1. The maximum absolute atomic E-state index is 11.4. The average Bonchev–Trinajstić information content (AvgIpc) is 2.55. The highest BCUT2D eigenvalue weighted by molar-refractivity contribution is 8.04. The highest BCUT2D eigenvalue weighted by Gasteiger charge is 2.11. The smallest absolute Gasteiger partial charge is 0.342 e. The molecule has 0 unspecified atom stereocenters. The van der Waals surface area contributed by atoms with Crippen molar-refractivity contribution < 1.29 is 14.8 Å². The number of nitro groups is 1. The number of thioether (sulfide) groups is 1. The molecule has 0 spiro atoms. The first-order chi connectivity index (χ1) is 11.0. The summed E-state index contributed by atoms with van der Waals surface area (Å²) in [4.78, 5) is 22.1. The lowest BCUT2D eigenvalue weighted by Gasteiger charge is -2.03. The van der Waals surface area contributed by atoms with E-state index in [0.29, 0.717) is 16.0 Å². The molecular formula is C16H10N2O4S. The maximum Gasteiger partial charge on any atom is 0.342 e. The summed E-state index contributed by atoms with van der Waals surface area (Å²) < 4.78 is 0. The Morgan fingerprint density at radius 1 is 1.17 bits per heavy atom. The third-order valence-electron chi connectivity index (χ3n) is 2.82. The van der Waals surface area contributed by atoms with Crippen LogP contribution in [-0.2, 0) is 4.79 Å². The minimum absolute atomic E-state index is 0.0534. The Labute approximate surface area is 135 Å². The van der Waals surface area contributed by atoms with Crippen molar-refractivity contribution in [1.82, 2.24) is 0 Å². The van der Waals surface area contributed by atoms with Crippen LogP contribution in [0, 0.1) is 21.4 Å². The number of nitriles is 1. The molecule has 0 amide bonds. The van der Waals surface area contributed by atoms with Gasteiger partial charge in [0, 0.05) is 17.0 Å². The number of aliphatic carboxylic acids is 1. The predicted octanol–water partition coefficient (Wildman–Crippen LogP) is 3.68. The molecular weight excluding hydrogens is 316 g/mol. The summed E-state index contributed by atoms with van der Waals surface area (Å²) >= 11 is 0.996. The molecule has 0 heterocycles. The first-order valence-corrected chi connectivity index (χ1v) is 7.18. The van der Waals surface area contributed by atoms with Gasteiger partial charge in [0.05, 0.1) is 21.5 Å². The lowest BCUT2D eigenvalue weighted by Crippen LogP contribution is -1.96. The predicted molar refractivity (Wildman–Crippen MR) is 85.7 cm³/mol. The van der Waals surface area contributed by atoms with Crippen molar-refractivity contribution in [2.45, 2.75) is 4.90 Å². The van der Waals surface area contributed by atoms with E-state index in [2.05, 4.69) is 0 Å². The zero-order valence-electron chi connectivity index (χ0n) is 11.7. The number of benzene rings is 2. The minimum Gasteiger partial charge on any atom is -0.477 e. The fourth-order valence-corrected chi connectivity index (χ4v) is 2.51. The summed E-state index contributed by atoms with van der Waals surface area (Å²) in [5, 5.41) is 28.6. The van der Waals surface area contributed by atoms with Crippen LogP contribution < -0.4 is 0 Å². The fourth-order valence-electron chi connectivity index (χ4n) is 1.70. The maximum atomic E-state index is 11.4. The molecule has 23 heavy (non-hydrogen) atoms. The summed E-state index contributed by atoms with van der Waals surface area (Å²) in [5.74, 6) is -1.10. The molecule has 2 aromatic rings. The van der Waals surface area contributed by atoms with Crippen molar-refractivity contribution in [3.63, 3.8) is 0 Å². The summed E-state index contributed by atoms with van der Waals surface area (Å²) in [5.41, 5.74) is 1.08. The third kappa shape index (κ3) is 4.43. The Bertz CT molecular complexity index is 805. The molecule has 0 bridgehead atoms. The Morgan fingerprint density at radius 2 is 1.78 bits per heavy atom. The number of carboxylic acid groups (broad SMARTS) is 1. The minimum atomic E-state index is -1.10. The van der Waals surface area contributed by atoms with E-state index in [0.717, 1.165) is 11.8 Å². The van der Waals surface area contributed by atoms with Gasteiger partial charge in [0.25, 0.3) is 5.69 Å². The van der Waals surface area contributed by atoms with Crippen molar-refractivity contribution in [3.8, 4) is 6.07 Å². The molecule has 0 fully saturated rings. The van der Waals surface area contributed by atoms with E-state index in [1.54, 1.807) is 24.3 Å². The standard InChI is InChI=1S/C16H10N2O4S/c17-10-12-3-1-11(2-4-12)9-15(16(19)20)23-14-7-5-13(6-8-14)18(21)22/h1-9H,(H,19,20). The molecule has 114 valence electrons. The van der Waals surface area contributed by atoms with Crippen LogP contribution in [0.15, 0.2) is 58.3 Å².